The summed E-state index contributed by atoms with van der Waals surface area (Å²) >= 11 is 1.28. The molecule has 276 valence electrons. The third-order valence-corrected chi connectivity index (χ3v) is 12.0. The number of thiophene rings is 1. The Balaban J connectivity index is 1.04. The first kappa shape index (κ1) is 36.1. The zero-order valence-electron chi connectivity index (χ0n) is 28.8. The minimum absolute atomic E-state index is 0.0180. The summed E-state index contributed by atoms with van der Waals surface area (Å²) in [5.41, 5.74) is 2.17. The Morgan fingerprint density at radius 2 is 1.76 bits per heavy atom. The van der Waals surface area contributed by atoms with Crippen LogP contribution in [0.4, 0.5) is 34.6 Å². The number of likely N-dealkylation sites (tertiary alicyclic amines) is 1. The maximum absolute atomic E-state index is 15.2. The topological polar surface area (TPSA) is 78.5 Å². The van der Waals surface area contributed by atoms with Crippen LogP contribution in [0.15, 0.2) is 30.3 Å². The number of rotatable bonds is 10. The lowest BCUT2D eigenvalue weighted by molar-refractivity contribution is -0.143. The zero-order valence-corrected chi connectivity index (χ0v) is 29.6. The largest absolute Gasteiger partial charge is 0.489 e. The second-order valence-electron chi connectivity index (χ2n) is 14.2. The summed E-state index contributed by atoms with van der Waals surface area (Å²) in [6, 6.07) is 9.28. The van der Waals surface area contributed by atoms with Gasteiger partial charge in [0.1, 0.15) is 18.2 Å². The van der Waals surface area contributed by atoms with Gasteiger partial charge in [-0.1, -0.05) is 24.0 Å². The van der Waals surface area contributed by atoms with E-state index in [4.69, 9.17) is 14.2 Å². The standard InChI is InChI=1S/C38H46F4N4O4S/c39-30-21-32(34(50-20-17-47)22-33(30)46-15-18-48-19-16-46)43-12-2-5-35-29(23-38(40,41)42)28-3-1-4-31(36(28)51-35)44-26-6-8-27(9-7-26)45-13-10-37(11-14-45)24-49-25-37/h1,3-4,21-22,26-27,43-44,47H,6-20,23-25H2. The monoisotopic (exact) mass is 730 g/mol. The number of ether oxygens (including phenoxy) is 3. The van der Waals surface area contributed by atoms with E-state index in [1.54, 1.807) is 12.1 Å². The Labute approximate surface area is 300 Å². The Morgan fingerprint density at radius 3 is 2.45 bits per heavy atom. The summed E-state index contributed by atoms with van der Waals surface area (Å²) in [5, 5.41) is 16.6. The van der Waals surface area contributed by atoms with Crippen LogP contribution in [0.5, 0.6) is 5.75 Å². The van der Waals surface area contributed by atoms with Crippen molar-refractivity contribution in [2.45, 2.75) is 63.2 Å². The number of anilines is 3. The fourth-order valence-electron chi connectivity index (χ4n) is 7.88. The lowest BCUT2D eigenvalue weighted by Gasteiger charge is -2.49. The molecule has 0 bridgehead atoms. The van der Waals surface area contributed by atoms with Crippen LogP contribution in [-0.4, -0.2) is 101 Å². The number of alkyl halides is 3. The van der Waals surface area contributed by atoms with Crippen LogP contribution in [0, 0.1) is 23.1 Å². The van der Waals surface area contributed by atoms with Crippen molar-refractivity contribution >= 4 is 38.5 Å². The number of nitrogens with one attached hydrogen (secondary N) is 2. The maximum Gasteiger partial charge on any atom is 0.393 e. The molecule has 0 unspecified atom stereocenters. The molecule has 4 heterocycles. The molecular weight excluding hydrogens is 685 g/mol. The van der Waals surface area contributed by atoms with Crippen LogP contribution < -0.4 is 20.3 Å². The molecule has 0 amide bonds. The molecule has 4 aliphatic rings. The van der Waals surface area contributed by atoms with Gasteiger partial charge in [-0.2, -0.15) is 13.2 Å². The molecule has 51 heavy (non-hydrogen) atoms. The Morgan fingerprint density at radius 1 is 1.00 bits per heavy atom. The molecule has 3 saturated heterocycles. The lowest BCUT2D eigenvalue weighted by atomic mass is 9.76. The van der Waals surface area contributed by atoms with Crippen LogP contribution in [0.1, 0.15) is 49.0 Å². The quantitative estimate of drug-likeness (QED) is 0.158. The zero-order chi connectivity index (χ0) is 35.4. The Hall–Kier alpha value is -3.28. The normalized spacial score (nSPS) is 22.3. The first-order valence-electron chi connectivity index (χ1n) is 18.0. The molecule has 1 spiro atoms. The number of hydrogen-bond acceptors (Lipinski definition) is 9. The number of piperidine rings is 1. The average Bonchev–Trinajstić information content (AvgIpc) is 3.46. The molecule has 0 atom stereocenters. The fraction of sp³-hybridized carbons (Fsp3) is 0.579. The number of halogens is 4. The van der Waals surface area contributed by atoms with E-state index in [2.05, 4.69) is 27.4 Å². The van der Waals surface area contributed by atoms with E-state index >= 15 is 4.39 Å². The molecule has 3 aliphatic heterocycles. The summed E-state index contributed by atoms with van der Waals surface area (Å²) in [6.45, 7) is 6.01. The van der Waals surface area contributed by atoms with Gasteiger partial charge in [0.25, 0.3) is 0 Å². The predicted molar refractivity (Wildman–Crippen MR) is 193 cm³/mol. The van der Waals surface area contributed by atoms with Crippen LogP contribution in [0.2, 0.25) is 0 Å². The van der Waals surface area contributed by atoms with E-state index in [1.807, 2.05) is 17.0 Å². The first-order chi connectivity index (χ1) is 24.7. The van der Waals surface area contributed by atoms with Gasteiger partial charge >= 0.3 is 6.18 Å². The molecule has 1 aliphatic carbocycles. The van der Waals surface area contributed by atoms with Crippen LogP contribution in [0.3, 0.4) is 0 Å². The third kappa shape index (κ3) is 8.52. The molecule has 1 aromatic heterocycles. The van der Waals surface area contributed by atoms with Gasteiger partial charge in [-0.05, 0) is 68.6 Å². The van der Waals surface area contributed by atoms with Gasteiger partial charge in [-0.25, -0.2) is 4.39 Å². The van der Waals surface area contributed by atoms with E-state index in [0.29, 0.717) is 65.1 Å². The van der Waals surface area contributed by atoms with Crippen molar-refractivity contribution in [2.24, 2.45) is 5.41 Å². The SMILES string of the molecule is OCCOc1cc(N2CCOCC2)c(F)cc1NCC#Cc1sc2c(NC3CCC(N4CCC5(CC4)COC5)CC3)cccc2c1CC(F)(F)F. The van der Waals surface area contributed by atoms with Crippen LogP contribution >= 0.6 is 11.3 Å². The van der Waals surface area contributed by atoms with Gasteiger partial charge in [0.05, 0.1) is 72.6 Å². The molecule has 0 radical (unpaired) electrons. The van der Waals surface area contributed by atoms with Gasteiger partial charge in [-0.15, -0.1) is 11.3 Å². The second kappa shape index (κ2) is 15.8. The molecule has 13 heteroatoms. The van der Waals surface area contributed by atoms with Gasteiger partial charge in [-0.3, -0.25) is 0 Å². The molecule has 8 nitrogen and oxygen atoms in total. The molecule has 7 rings (SSSR count). The average molecular weight is 731 g/mol. The van der Waals surface area contributed by atoms with E-state index in [-0.39, 0.29) is 31.4 Å². The molecule has 2 aromatic carbocycles. The van der Waals surface area contributed by atoms with Crippen molar-refractivity contribution in [1.29, 1.82) is 0 Å². The third-order valence-electron chi connectivity index (χ3n) is 10.8. The minimum Gasteiger partial charge on any atom is -0.489 e. The van der Waals surface area contributed by atoms with Gasteiger partial charge in [0.2, 0.25) is 0 Å². The molecule has 3 aromatic rings. The van der Waals surface area contributed by atoms with E-state index in [9.17, 15) is 18.3 Å². The van der Waals surface area contributed by atoms with E-state index < -0.39 is 18.4 Å². The summed E-state index contributed by atoms with van der Waals surface area (Å²) in [7, 11) is 0. The molecule has 1 saturated carbocycles. The predicted octanol–water partition coefficient (Wildman–Crippen LogP) is 6.65. The first-order valence-corrected chi connectivity index (χ1v) is 18.8. The highest BCUT2D eigenvalue weighted by Gasteiger charge is 2.42. The van der Waals surface area contributed by atoms with Crippen molar-refractivity contribution in [2.75, 3.05) is 87.9 Å². The van der Waals surface area contributed by atoms with Gasteiger partial charge in [0, 0.05) is 42.7 Å². The lowest BCUT2D eigenvalue weighted by Crippen LogP contribution is -2.53. The fourth-order valence-corrected chi connectivity index (χ4v) is 9.05. The smallest absolute Gasteiger partial charge is 0.393 e. The number of hydrogen-bond donors (Lipinski definition) is 3. The molecular formula is C38H46F4N4O4S. The number of morpholine rings is 1. The number of fused-ring (bicyclic) bond motifs is 1. The van der Waals surface area contributed by atoms with Gasteiger partial charge in [0.15, 0.2) is 0 Å². The van der Waals surface area contributed by atoms with E-state index in [0.717, 1.165) is 62.4 Å². The van der Waals surface area contributed by atoms with Crippen molar-refractivity contribution in [3.05, 3.63) is 46.6 Å². The summed E-state index contributed by atoms with van der Waals surface area (Å²) in [5.74, 6) is 5.86. The molecule has 4 fully saturated rings. The number of benzene rings is 2. The van der Waals surface area contributed by atoms with E-state index in [1.165, 1.54) is 30.2 Å². The number of aliphatic hydroxyl groups is 1. The second-order valence-corrected chi connectivity index (χ2v) is 15.2. The summed E-state index contributed by atoms with van der Waals surface area (Å²) in [4.78, 5) is 4.90. The Kier molecular flexibility index (Phi) is 11.2. The highest BCUT2D eigenvalue weighted by Crippen LogP contribution is 2.42. The number of nitrogens with zero attached hydrogens (tertiary/aromatic N) is 2. The van der Waals surface area contributed by atoms with Crippen molar-refractivity contribution in [3.8, 4) is 17.6 Å². The van der Waals surface area contributed by atoms with Gasteiger partial charge < -0.3 is 39.8 Å². The van der Waals surface area contributed by atoms with Crippen LogP contribution in [0.25, 0.3) is 10.1 Å². The minimum atomic E-state index is -4.40. The maximum atomic E-state index is 15.2. The molecule has 3 N–H and O–H groups in total. The number of aliphatic hydroxyl groups excluding tert-OH is 1. The van der Waals surface area contributed by atoms with Crippen LogP contribution in [-0.2, 0) is 15.9 Å². The Bertz CT molecular complexity index is 1710. The highest BCUT2D eigenvalue weighted by atomic mass is 32.1. The summed E-state index contributed by atoms with van der Waals surface area (Å²) in [6.07, 6.45) is 1.21. The van der Waals surface area contributed by atoms with Crippen molar-refractivity contribution in [3.63, 3.8) is 0 Å². The van der Waals surface area contributed by atoms with Crippen molar-refractivity contribution < 1.29 is 36.9 Å². The highest BCUT2D eigenvalue weighted by molar-refractivity contribution is 7.20. The summed E-state index contributed by atoms with van der Waals surface area (Å²) < 4.78 is 74.1. The van der Waals surface area contributed by atoms with Crippen molar-refractivity contribution in [1.82, 2.24) is 4.90 Å².